The number of hydrogen-bond acceptors (Lipinski definition) is 4. The molecular weight excluding hydrogens is 409 g/mol. The van der Waals surface area contributed by atoms with Crippen molar-refractivity contribution >= 4 is 46.4 Å². The van der Waals surface area contributed by atoms with Crippen LogP contribution in [-0.4, -0.2) is 50.1 Å². The summed E-state index contributed by atoms with van der Waals surface area (Å²) in [5.41, 5.74) is 1.69. The van der Waals surface area contributed by atoms with E-state index >= 15 is 0 Å². The predicted octanol–water partition coefficient (Wildman–Crippen LogP) is 2.78. The van der Waals surface area contributed by atoms with Gasteiger partial charge in [0.15, 0.2) is 11.1 Å². The van der Waals surface area contributed by atoms with Gasteiger partial charge in [0, 0.05) is 39.6 Å². The average Bonchev–Trinajstić information content (AvgIpc) is 3.05. The van der Waals surface area contributed by atoms with E-state index in [1.54, 1.807) is 11.3 Å². The number of hydrogen-bond donors (Lipinski definition) is 1. The van der Waals surface area contributed by atoms with Crippen molar-refractivity contribution in [2.24, 2.45) is 10.4 Å². The Labute approximate surface area is 154 Å². The van der Waals surface area contributed by atoms with Crippen LogP contribution >= 0.6 is 35.3 Å². The van der Waals surface area contributed by atoms with Crippen molar-refractivity contribution in [2.45, 2.75) is 32.2 Å². The summed E-state index contributed by atoms with van der Waals surface area (Å²) in [5, 5.41) is 6.64. The molecule has 2 fully saturated rings. The second-order valence-corrected chi connectivity index (χ2v) is 7.28. The van der Waals surface area contributed by atoms with Crippen molar-refractivity contribution in [3.8, 4) is 0 Å². The molecule has 0 unspecified atom stereocenters. The van der Waals surface area contributed by atoms with Crippen molar-refractivity contribution in [1.82, 2.24) is 15.2 Å². The normalized spacial score (nSPS) is 19.8. The van der Waals surface area contributed by atoms with E-state index in [2.05, 4.69) is 25.6 Å². The Hall–Kier alpha value is -0.570. The zero-order valence-corrected chi connectivity index (χ0v) is 16.8. The molecule has 0 aromatic carbocycles. The summed E-state index contributed by atoms with van der Waals surface area (Å²) in [6, 6.07) is 0. The van der Waals surface area contributed by atoms with Gasteiger partial charge in [0.2, 0.25) is 0 Å². The first-order chi connectivity index (χ1) is 10.1. The van der Waals surface area contributed by atoms with Crippen molar-refractivity contribution in [2.75, 3.05) is 39.1 Å². The Morgan fingerprint density at radius 1 is 1.45 bits per heavy atom. The minimum atomic E-state index is 0. The fraction of sp³-hybridized carbons (Fsp3) is 0.733. The maximum Gasteiger partial charge on any atom is 0.193 e. The van der Waals surface area contributed by atoms with Crippen LogP contribution in [0.3, 0.4) is 0 Å². The minimum absolute atomic E-state index is 0. The standard InChI is InChI=1S/C15H25N5S.HI/c1-16-13(20-8-7-15(11-20)5-4-6-15)17-9-12-10-21-14(18-12)19(2)3;/h10H,4-9,11H2,1-3H3,(H,16,17);1H. The van der Waals surface area contributed by atoms with E-state index < -0.39 is 0 Å². The van der Waals surface area contributed by atoms with Crippen molar-refractivity contribution in [3.63, 3.8) is 0 Å². The maximum absolute atomic E-state index is 4.61. The first kappa shape index (κ1) is 17.8. The number of nitrogens with zero attached hydrogens (tertiary/aromatic N) is 4. The van der Waals surface area contributed by atoms with Gasteiger partial charge >= 0.3 is 0 Å². The molecule has 0 amide bonds. The van der Waals surface area contributed by atoms with Crippen molar-refractivity contribution in [3.05, 3.63) is 11.1 Å². The first-order valence-electron chi connectivity index (χ1n) is 7.69. The van der Waals surface area contributed by atoms with Gasteiger partial charge in [-0.15, -0.1) is 35.3 Å². The second-order valence-electron chi connectivity index (χ2n) is 6.44. The lowest BCUT2D eigenvalue weighted by Gasteiger charge is -2.38. The molecule has 2 aliphatic rings. The summed E-state index contributed by atoms with van der Waals surface area (Å²) in [5.74, 6) is 1.03. The summed E-state index contributed by atoms with van der Waals surface area (Å²) in [7, 11) is 5.93. The second kappa shape index (κ2) is 7.33. The Kier molecular flexibility index (Phi) is 5.93. The van der Waals surface area contributed by atoms with E-state index in [9.17, 15) is 0 Å². The van der Waals surface area contributed by atoms with Crippen molar-refractivity contribution < 1.29 is 0 Å². The molecule has 1 N–H and O–H groups in total. The van der Waals surface area contributed by atoms with Crippen LogP contribution in [0.2, 0.25) is 0 Å². The Balaban J connectivity index is 0.00000176. The molecule has 5 nitrogen and oxygen atoms in total. The molecule has 1 aliphatic heterocycles. The number of halogens is 1. The highest BCUT2D eigenvalue weighted by atomic mass is 127. The molecule has 1 aliphatic carbocycles. The largest absolute Gasteiger partial charge is 0.354 e. The lowest BCUT2D eigenvalue weighted by molar-refractivity contribution is 0.151. The van der Waals surface area contributed by atoms with Gasteiger partial charge < -0.3 is 15.1 Å². The molecule has 3 rings (SSSR count). The molecule has 0 atom stereocenters. The highest BCUT2D eigenvalue weighted by molar-refractivity contribution is 14.0. The SMILES string of the molecule is CN=C(NCc1csc(N(C)C)n1)N1CCC2(CCC2)C1.I. The quantitative estimate of drug-likeness (QED) is 0.451. The van der Waals surface area contributed by atoms with Gasteiger partial charge in [-0.05, 0) is 24.7 Å². The molecule has 0 radical (unpaired) electrons. The van der Waals surface area contributed by atoms with Crippen LogP contribution in [0.1, 0.15) is 31.4 Å². The lowest BCUT2D eigenvalue weighted by atomic mass is 9.68. The topological polar surface area (TPSA) is 43.8 Å². The van der Waals surface area contributed by atoms with Gasteiger partial charge in [-0.2, -0.15) is 0 Å². The summed E-state index contributed by atoms with van der Waals surface area (Å²) in [6.45, 7) is 3.06. The zero-order valence-electron chi connectivity index (χ0n) is 13.6. The van der Waals surface area contributed by atoms with Gasteiger partial charge in [0.25, 0.3) is 0 Å². The summed E-state index contributed by atoms with van der Waals surface area (Å²) in [4.78, 5) is 13.5. The van der Waals surface area contributed by atoms with Gasteiger partial charge in [0.1, 0.15) is 0 Å². The number of nitrogens with one attached hydrogen (secondary N) is 1. The number of anilines is 1. The monoisotopic (exact) mass is 435 g/mol. The third-order valence-corrected chi connectivity index (χ3v) is 5.77. The van der Waals surface area contributed by atoms with E-state index in [1.165, 1.54) is 32.2 Å². The van der Waals surface area contributed by atoms with Gasteiger partial charge in [-0.3, -0.25) is 4.99 Å². The molecule has 0 bridgehead atoms. The molecule has 7 heteroatoms. The molecule has 1 spiro atoms. The summed E-state index contributed by atoms with van der Waals surface area (Å²) < 4.78 is 0. The molecule has 1 aromatic heterocycles. The molecule has 2 heterocycles. The fourth-order valence-electron chi connectivity index (χ4n) is 3.29. The number of aliphatic imine (C=N–C) groups is 1. The van der Waals surface area contributed by atoms with E-state index in [4.69, 9.17) is 0 Å². The Bertz CT molecular complexity index is 524. The Morgan fingerprint density at radius 3 is 2.73 bits per heavy atom. The highest BCUT2D eigenvalue weighted by Crippen LogP contribution is 2.47. The van der Waals surface area contributed by atoms with Crippen LogP contribution in [0, 0.1) is 5.41 Å². The molecule has 1 aromatic rings. The van der Waals surface area contributed by atoms with Gasteiger partial charge in [-0.1, -0.05) is 6.42 Å². The predicted molar refractivity (Wildman–Crippen MR) is 105 cm³/mol. The number of likely N-dealkylation sites (tertiary alicyclic amines) is 1. The van der Waals surface area contributed by atoms with Crippen LogP contribution in [0.25, 0.3) is 0 Å². The van der Waals surface area contributed by atoms with Crippen LogP contribution in [-0.2, 0) is 6.54 Å². The molecule has 1 saturated heterocycles. The van der Waals surface area contributed by atoms with E-state index in [0.717, 1.165) is 29.9 Å². The number of thiazole rings is 1. The summed E-state index contributed by atoms with van der Waals surface area (Å²) >= 11 is 1.68. The smallest absolute Gasteiger partial charge is 0.193 e. The minimum Gasteiger partial charge on any atom is -0.354 e. The Morgan fingerprint density at radius 2 is 2.23 bits per heavy atom. The molecule has 1 saturated carbocycles. The van der Waals surface area contributed by atoms with Gasteiger partial charge in [0.05, 0.1) is 12.2 Å². The number of rotatable bonds is 3. The third-order valence-electron chi connectivity index (χ3n) is 4.71. The average molecular weight is 435 g/mol. The molecule has 22 heavy (non-hydrogen) atoms. The van der Waals surface area contributed by atoms with Crippen LogP contribution < -0.4 is 10.2 Å². The lowest BCUT2D eigenvalue weighted by Crippen LogP contribution is -2.42. The van der Waals surface area contributed by atoms with E-state index in [1.807, 2.05) is 26.0 Å². The highest BCUT2D eigenvalue weighted by Gasteiger charge is 2.43. The maximum atomic E-state index is 4.61. The van der Waals surface area contributed by atoms with Crippen LogP contribution in [0.15, 0.2) is 10.4 Å². The van der Waals surface area contributed by atoms with Crippen LogP contribution in [0.4, 0.5) is 5.13 Å². The molecular formula is C15H26IN5S. The molecule has 124 valence electrons. The zero-order chi connectivity index (χ0) is 14.9. The number of guanidine groups is 1. The number of aromatic nitrogens is 1. The van der Waals surface area contributed by atoms with E-state index in [-0.39, 0.29) is 24.0 Å². The van der Waals surface area contributed by atoms with E-state index in [0.29, 0.717) is 5.41 Å². The third kappa shape index (κ3) is 3.67. The van der Waals surface area contributed by atoms with Gasteiger partial charge in [-0.25, -0.2) is 4.98 Å². The van der Waals surface area contributed by atoms with Crippen molar-refractivity contribution in [1.29, 1.82) is 0 Å². The first-order valence-corrected chi connectivity index (χ1v) is 8.57. The summed E-state index contributed by atoms with van der Waals surface area (Å²) in [6.07, 6.45) is 5.54. The van der Waals surface area contributed by atoms with Crippen LogP contribution in [0.5, 0.6) is 0 Å². The fourth-order valence-corrected chi connectivity index (χ4v) is 4.04.